The van der Waals surface area contributed by atoms with Crippen LogP contribution in [0.1, 0.15) is 24.1 Å². The Morgan fingerprint density at radius 3 is 2.43 bits per heavy atom. The number of aromatic hydroxyl groups is 1. The summed E-state index contributed by atoms with van der Waals surface area (Å²) in [5.74, 6) is -0.490. The van der Waals surface area contributed by atoms with Crippen LogP contribution < -0.4 is 5.32 Å². The molecule has 0 heterocycles. The van der Waals surface area contributed by atoms with Crippen LogP contribution in [-0.2, 0) is 4.79 Å². The molecule has 3 aromatic rings. The van der Waals surface area contributed by atoms with E-state index in [9.17, 15) is 14.3 Å². The van der Waals surface area contributed by atoms with Crippen LogP contribution in [0.3, 0.4) is 0 Å². The molecule has 2 N–H and O–H groups in total. The fourth-order valence-electron chi connectivity index (χ4n) is 2.77. The lowest BCUT2D eigenvalue weighted by Crippen LogP contribution is -2.27. The van der Waals surface area contributed by atoms with Crippen molar-refractivity contribution in [2.45, 2.75) is 13.0 Å². The molecule has 0 aliphatic heterocycles. The Morgan fingerprint density at radius 1 is 1.04 bits per heavy atom. The third kappa shape index (κ3) is 3.01. The van der Waals surface area contributed by atoms with Gasteiger partial charge in [-0.3, -0.25) is 4.79 Å². The molecule has 0 spiro atoms. The van der Waals surface area contributed by atoms with Gasteiger partial charge in [-0.2, -0.15) is 0 Å². The van der Waals surface area contributed by atoms with Crippen LogP contribution in [0.5, 0.6) is 5.75 Å². The van der Waals surface area contributed by atoms with Gasteiger partial charge in [-0.1, -0.05) is 42.5 Å². The van der Waals surface area contributed by atoms with Crippen LogP contribution in [0.4, 0.5) is 4.39 Å². The average molecular weight is 309 g/mol. The number of phenolic OH excluding ortho intramolecular Hbond substituents is 1. The molecule has 0 saturated carbocycles. The van der Waals surface area contributed by atoms with Crippen molar-refractivity contribution < 1.29 is 14.3 Å². The van der Waals surface area contributed by atoms with Crippen molar-refractivity contribution >= 4 is 16.7 Å². The minimum absolute atomic E-state index is 0.0896. The van der Waals surface area contributed by atoms with Crippen LogP contribution >= 0.6 is 0 Å². The predicted octanol–water partition coefficient (Wildman–Crippen LogP) is 3.91. The number of carbonyl (C=O) groups excluding carboxylic acids is 1. The van der Waals surface area contributed by atoms with E-state index < -0.39 is 6.04 Å². The highest BCUT2D eigenvalue weighted by molar-refractivity contribution is 5.89. The van der Waals surface area contributed by atoms with Gasteiger partial charge in [0.1, 0.15) is 11.6 Å². The molecule has 0 radical (unpaired) electrons. The molecule has 3 nitrogen and oxygen atoms in total. The SMILES string of the molecule is CC(=O)NC(c1ccc(F)cc1)c1c(O)ccc2ccccc12. The highest BCUT2D eigenvalue weighted by Crippen LogP contribution is 2.35. The summed E-state index contributed by atoms with van der Waals surface area (Å²) in [5, 5.41) is 15.0. The molecule has 0 aliphatic rings. The highest BCUT2D eigenvalue weighted by atomic mass is 19.1. The van der Waals surface area contributed by atoms with Crippen LogP contribution in [0.25, 0.3) is 10.8 Å². The maximum absolute atomic E-state index is 13.2. The molecule has 0 bridgehead atoms. The second-order valence-electron chi connectivity index (χ2n) is 5.40. The summed E-state index contributed by atoms with van der Waals surface area (Å²) in [6.45, 7) is 1.42. The van der Waals surface area contributed by atoms with Crippen molar-refractivity contribution in [2.24, 2.45) is 0 Å². The second kappa shape index (κ2) is 6.08. The Bertz CT molecular complexity index is 859. The average Bonchev–Trinajstić information content (AvgIpc) is 2.54. The van der Waals surface area contributed by atoms with Gasteiger partial charge in [0, 0.05) is 12.5 Å². The standard InChI is InChI=1S/C19H16FNO2/c1-12(22)21-19(14-6-9-15(20)10-7-14)18-16-5-3-2-4-13(16)8-11-17(18)23/h2-11,19,23H,1H3,(H,21,22). The van der Waals surface area contributed by atoms with Crippen molar-refractivity contribution in [3.05, 3.63) is 77.6 Å². The minimum atomic E-state index is -0.556. The maximum Gasteiger partial charge on any atom is 0.217 e. The van der Waals surface area contributed by atoms with Gasteiger partial charge in [0.2, 0.25) is 5.91 Å². The number of hydrogen-bond acceptors (Lipinski definition) is 2. The molecule has 116 valence electrons. The molecule has 4 heteroatoms. The topological polar surface area (TPSA) is 49.3 Å². The van der Waals surface area contributed by atoms with Crippen molar-refractivity contribution in [2.75, 3.05) is 0 Å². The van der Waals surface area contributed by atoms with Crippen LogP contribution in [0.2, 0.25) is 0 Å². The van der Waals surface area contributed by atoms with E-state index in [0.717, 1.165) is 10.8 Å². The monoisotopic (exact) mass is 309 g/mol. The van der Waals surface area contributed by atoms with Gasteiger partial charge in [-0.05, 0) is 34.5 Å². The lowest BCUT2D eigenvalue weighted by molar-refractivity contribution is -0.119. The van der Waals surface area contributed by atoms with Gasteiger partial charge < -0.3 is 10.4 Å². The van der Waals surface area contributed by atoms with Crippen LogP contribution in [0.15, 0.2) is 60.7 Å². The number of fused-ring (bicyclic) bond motifs is 1. The van der Waals surface area contributed by atoms with E-state index in [0.29, 0.717) is 11.1 Å². The summed E-state index contributed by atoms with van der Waals surface area (Å²) in [6.07, 6.45) is 0. The molecular formula is C19H16FNO2. The van der Waals surface area contributed by atoms with Crippen molar-refractivity contribution in [1.29, 1.82) is 0 Å². The summed E-state index contributed by atoms with van der Waals surface area (Å²) in [4.78, 5) is 11.6. The summed E-state index contributed by atoms with van der Waals surface area (Å²) in [5.41, 5.74) is 1.30. The lowest BCUT2D eigenvalue weighted by Gasteiger charge is -2.22. The van der Waals surface area contributed by atoms with Gasteiger partial charge in [0.05, 0.1) is 6.04 Å². The number of nitrogens with one attached hydrogen (secondary N) is 1. The van der Waals surface area contributed by atoms with E-state index in [1.807, 2.05) is 30.3 Å². The Morgan fingerprint density at radius 2 is 1.74 bits per heavy atom. The van der Waals surface area contributed by atoms with Crippen LogP contribution in [-0.4, -0.2) is 11.0 Å². The summed E-state index contributed by atoms with van der Waals surface area (Å²) in [7, 11) is 0. The number of phenols is 1. The Labute approximate surface area is 133 Å². The Kier molecular flexibility index (Phi) is 3.98. The number of carbonyl (C=O) groups is 1. The first-order valence-electron chi connectivity index (χ1n) is 7.29. The summed E-state index contributed by atoms with van der Waals surface area (Å²) in [6, 6.07) is 16.4. The number of amides is 1. The predicted molar refractivity (Wildman–Crippen MR) is 87.7 cm³/mol. The number of benzene rings is 3. The van der Waals surface area contributed by atoms with Gasteiger partial charge >= 0.3 is 0 Å². The van der Waals surface area contributed by atoms with E-state index in [1.165, 1.54) is 19.1 Å². The number of hydrogen-bond donors (Lipinski definition) is 2. The number of halogens is 1. The first kappa shape index (κ1) is 15.0. The van der Waals surface area contributed by atoms with E-state index >= 15 is 0 Å². The van der Waals surface area contributed by atoms with Gasteiger partial charge in [0.25, 0.3) is 0 Å². The van der Waals surface area contributed by atoms with E-state index in [4.69, 9.17) is 0 Å². The largest absolute Gasteiger partial charge is 0.508 e. The zero-order valence-corrected chi connectivity index (χ0v) is 12.6. The van der Waals surface area contributed by atoms with Gasteiger partial charge in [-0.15, -0.1) is 0 Å². The fourth-order valence-corrected chi connectivity index (χ4v) is 2.77. The smallest absolute Gasteiger partial charge is 0.217 e. The minimum Gasteiger partial charge on any atom is -0.508 e. The molecule has 23 heavy (non-hydrogen) atoms. The van der Waals surface area contributed by atoms with Crippen molar-refractivity contribution in [3.8, 4) is 5.75 Å². The zero-order valence-electron chi connectivity index (χ0n) is 12.6. The zero-order chi connectivity index (χ0) is 16.4. The molecule has 1 amide bonds. The second-order valence-corrected chi connectivity index (χ2v) is 5.40. The third-order valence-electron chi connectivity index (χ3n) is 3.79. The normalized spacial score (nSPS) is 12.1. The van der Waals surface area contributed by atoms with Crippen molar-refractivity contribution in [3.63, 3.8) is 0 Å². The lowest BCUT2D eigenvalue weighted by atomic mass is 9.92. The van der Waals surface area contributed by atoms with E-state index in [2.05, 4.69) is 5.32 Å². The molecule has 0 aliphatic carbocycles. The molecule has 1 unspecified atom stereocenters. The number of rotatable bonds is 3. The Hall–Kier alpha value is -2.88. The molecular weight excluding hydrogens is 293 g/mol. The van der Waals surface area contributed by atoms with Crippen molar-refractivity contribution in [1.82, 2.24) is 5.32 Å². The summed E-state index contributed by atoms with van der Waals surface area (Å²) >= 11 is 0. The highest BCUT2D eigenvalue weighted by Gasteiger charge is 2.21. The van der Waals surface area contributed by atoms with E-state index in [-0.39, 0.29) is 17.5 Å². The fraction of sp³-hybridized carbons (Fsp3) is 0.105. The molecule has 3 rings (SSSR count). The van der Waals surface area contributed by atoms with Gasteiger partial charge in [-0.25, -0.2) is 4.39 Å². The molecule has 0 saturated heterocycles. The Balaban J connectivity index is 2.22. The van der Waals surface area contributed by atoms with Crippen LogP contribution in [0, 0.1) is 5.82 Å². The molecule has 0 fully saturated rings. The summed E-state index contributed by atoms with van der Waals surface area (Å²) < 4.78 is 13.2. The third-order valence-corrected chi connectivity index (χ3v) is 3.79. The molecule has 3 aromatic carbocycles. The molecule has 0 aromatic heterocycles. The maximum atomic E-state index is 13.2. The van der Waals surface area contributed by atoms with Gasteiger partial charge in [0.15, 0.2) is 0 Å². The first-order chi connectivity index (χ1) is 11.1. The van der Waals surface area contributed by atoms with E-state index in [1.54, 1.807) is 18.2 Å². The quantitative estimate of drug-likeness (QED) is 0.770. The first-order valence-corrected chi connectivity index (χ1v) is 7.29. The molecule has 1 atom stereocenters.